The molecule has 0 aromatic heterocycles. The predicted molar refractivity (Wildman–Crippen MR) is 78.7 cm³/mol. The quantitative estimate of drug-likeness (QED) is 0.936. The van der Waals surface area contributed by atoms with E-state index in [4.69, 9.17) is 14.7 Å². The van der Waals surface area contributed by atoms with E-state index >= 15 is 0 Å². The molecule has 0 unspecified atom stereocenters. The number of ether oxygens (including phenoxy) is 2. The number of anilines is 1. The van der Waals surface area contributed by atoms with Crippen molar-refractivity contribution in [1.82, 2.24) is 0 Å². The van der Waals surface area contributed by atoms with Gasteiger partial charge in [-0.1, -0.05) is 12.1 Å². The molecule has 2 aromatic carbocycles. The number of nitriles is 1. The lowest BCUT2D eigenvalue weighted by Gasteiger charge is -2.10. The molecule has 5 heteroatoms. The Kier molecular flexibility index (Phi) is 4.42. The van der Waals surface area contributed by atoms with Crippen molar-refractivity contribution in [3.8, 4) is 17.6 Å². The van der Waals surface area contributed by atoms with Gasteiger partial charge in [0.1, 0.15) is 6.07 Å². The summed E-state index contributed by atoms with van der Waals surface area (Å²) in [5.74, 6) is 0.698. The summed E-state index contributed by atoms with van der Waals surface area (Å²) in [6.45, 7) is 0. The molecule has 2 aromatic rings. The Balaban J connectivity index is 2.27. The summed E-state index contributed by atoms with van der Waals surface area (Å²) >= 11 is 0. The highest BCUT2D eigenvalue weighted by atomic mass is 16.5. The monoisotopic (exact) mass is 282 g/mol. The molecule has 0 saturated heterocycles. The van der Waals surface area contributed by atoms with E-state index in [0.29, 0.717) is 28.3 Å². The van der Waals surface area contributed by atoms with Crippen LogP contribution < -0.4 is 14.8 Å². The number of nitrogens with zero attached hydrogens (tertiary/aromatic N) is 1. The predicted octanol–water partition coefficient (Wildman–Crippen LogP) is 2.83. The highest BCUT2D eigenvalue weighted by Crippen LogP contribution is 2.28. The Morgan fingerprint density at radius 1 is 1.10 bits per heavy atom. The fraction of sp³-hybridized carbons (Fsp3) is 0.125. The Bertz CT molecular complexity index is 705. The second-order valence-electron chi connectivity index (χ2n) is 4.18. The van der Waals surface area contributed by atoms with Gasteiger partial charge in [-0.2, -0.15) is 5.26 Å². The van der Waals surface area contributed by atoms with Crippen molar-refractivity contribution in [3.63, 3.8) is 0 Å². The van der Waals surface area contributed by atoms with Gasteiger partial charge in [0.2, 0.25) is 0 Å². The molecule has 106 valence electrons. The van der Waals surface area contributed by atoms with Gasteiger partial charge in [0.15, 0.2) is 11.5 Å². The Morgan fingerprint density at radius 3 is 2.48 bits per heavy atom. The van der Waals surface area contributed by atoms with Crippen molar-refractivity contribution in [2.24, 2.45) is 0 Å². The molecule has 0 heterocycles. The minimum absolute atomic E-state index is 0.321. The summed E-state index contributed by atoms with van der Waals surface area (Å²) in [5.41, 5.74) is 1.30. The molecule has 0 bridgehead atoms. The van der Waals surface area contributed by atoms with Crippen molar-refractivity contribution in [3.05, 3.63) is 53.6 Å². The Hall–Kier alpha value is -3.00. The van der Waals surface area contributed by atoms with Crippen LogP contribution in [0.15, 0.2) is 42.5 Å². The van der Waals surface area contributed by atoms with Gasteiger partial charge < -0.3 is 14.8 Å². The van der Waals surface area contributed by atoms with Crippen LogP contribution in [0.25, 0.3) is 0 Å². The molecule has 0 aliphatic heterocycles. The molecular formula is C16H14N2O3. The smallest absolute Gasteiger partial charge is 0.255 e. The highest BCUT2D eigenvalue weighted by Gasteiger charge is 2.12. The lowest BCUT2D eigenvalue weighted by molar-refractivity contribution is 0.102. The lowest BCUT2D eigenvalue weighted by Crippen LogP contribution is -2.13. The summed E-state index contributed by atoms with van der Waals surface area (Å²) < 4.78 is 10.3. The first-order valence-corrected chi connectivity index (χ1v) is 6.22. The fourth-order valence-electron chi connectivity index (χ4n) is 1.86. The first-order chi connectivity index (χ1) is 10.2. The maximum absolute atomic E-state index is 12.2. The molecule has 0 aliphatic rings. The van der Waals surface area contributed by atoms with Gasteiger partial charge in [0.05, 0.1) is 25.5 Å². The number of benzene rings is 2. The Morgan fingerprint density at radius 2 is 1.81 bits per heavy atom. The first kappa shape index (κ1) is 14.4. The average molecular weight is 282 g/mol. The second kappa shape index (κ2) is 6.44. The van der Waals surface area contributed by atoms with Crippen LogP contribution in [-0.4, -0.2) is 20.1 Å². The van der Waals surface area contributed by atoms with E-state index in [1.54, 1.807) is 42.5 Å². The summed E-state index contributed by atoms with van der Waals surface area (Å²) in [5, 5.41) is 11.7. The number of hydrogen-bond donors (Lipinski definition) is 1. The van der Waals surface area contributed by atoms with E-state index in [1.807, 2.05) is 6.07 Å². The van der Waals surface area contributed by atoms with Crippen LogP contribution in [0.2, 0.25) is 0 Å². The number of methoxy groups -OCH3 is 2. The van der Waals surface area contributed by atoms with Crippen molar-refractivity contribution >= 4 is 11.6 Å². The number of carbonyl (C=O) groups is 1. The number of hydrogen-bond acceptors (Lipinski definition) is 4. The van der Waals surface area contributed by atoms with Crippen LogP contribution in [0.5, 0.6) is 11.5 Å². The summed E-state index contributed by atoms with van der Waals surface area (Å²) in [6.07, 6.45) is 0. The third-order valence-electron chi connectivity index (χ3n) is 2.94. The summed E-state index contributed by atoms with van der Waals surface area (Å²) in [7, 11) is 3.03. The topological polar surface area (TPSA) is 71.3 Å². The molecule has 1 N–H and O–H groups in total. The van der Waals surface area contributed by atoms with E-state index in [1.165, 1.54) is 14.2 Å². The maximum atomic E-state index is 12.2. The van der Waals surface area contributed by atoms with Crippen molar-refractivity contribution in [2.45, 2.75) is 0 Å². The van der Waals surface area contributed by atoms with E-state index in [0.717, 1.165) is 0 Å². The van der Waals surface area contributed by atoms with Crippen LogP contribution in [0.4, 0.5) is 5.69 Å². The van der Waals surface area contributed by atoms with E-state index < -0.39 is 0 Å². The SMILES string of the molecule is COc1ccc(C(=O)Nc2ccccc2C#N)cc1OC. The zero-order valence-corrected chi connectivity index (χ0v) is 11.7. The summed E-state index contributed by atoms with van der Waals surface area (Å²) in [4.78, 5) is 12.2. The second-order valence-corrected chi connectivity index (χ2v) is 4.18. The Labute approximate surface area is 122 Å². The third kappa shape index (κ3) is 3.12. The normalized spacial score (nSPS) is 9.57. The maximum Gasteiger partial charge on any atom is 0.255 e. The third-order valence-corrected chi connectivity index (χ3v) is 2.94. The zero-order valence-electron chi connectivity index (χ0n) is 11.7. The van der Waals surface area contributed by atoms with Crippen LogP contribution in [0.1, 0.15) is 15.9 Å². The number of amides is 1. The lowest BCUT2D eigenvalue weighted by atomic mass is 10.1. The van der Waals surface area contributed by atoms with Crippen LogP contribution >= 0.6 is 0 Å². The number of rotatable bonds is 4. The molecule has 0 saturated carbocycles. The molecule has 2 rings (SSSR count). The molecule has 21 heavy (non-hydrogen) atoms. The van der Waals surface area contributed by atoms with Crippen molar-refractivity contribution < 1.29 is 14.3 Å². The van der Waals surface area contributed by atoms with Crippen LogP contribution in [0, 0.1) is 11.3 Å². The van der Waals surface area contributed by atoms with Crippen LogP contribution in [0.3, 0.4) is 0 Å². The van der Waals surface area contributed by atoms with Gasteiger partial charge in [0.25, 0.3) is 5.91 Å². The molecule has 0 spiro atoms. The van der Waals surface area contributed by atoms with E-state index in [2.05, 4.69) is 5.32 Å². The van der Waals surface area contributed by atoms with Gasteiger partial charge >= 0.3 is 0 Å². The number of carbonyl (C=O) groups excluding carboxylic acids is 1. The minimum atomic E-state index is -0.321. The average Bonchev–Trinajstić information content (AvgIpc) is 2.54. The molecular weight excluding hydrogens is 268 g/mol. The zero-order chi connectivity index (χ0) is 15.2. The summed E-state index contributed by atoms with van der Waals surface area (Å²) in [6, 6.07) is 13.7. The fourth-order valence-corrected chi connectivity index (χ4v) is 1.86. The van der Waals surface area contributed by atoms with Gasteiger partial charge in [-0.15, -0.1) is 0 Å². The minimum Gasteiger partial charge on any atom is -0.493 e. The first-order valence-electron chi connectivity index (χ1n) is 6.22. The van der Waals surface area contributed by atoms with Gasteiger partial charge in [-0.05, 0) is 30.3 Å². The highest BCUT2D eigenvalue weighted by molar-refractivity contribution is 6.05. The van der Waals surface area contributed by atoms with E-state index in [-0.39, 0.29) is 5.91 Å². The molecule has 0 radical (unpaired) electrons. The molecule has 0 aliphatic carbocycles. The molecule has 1 amide bonds. The van der Waals surface area contributed by atoms with Gasteiger partial charge in [-0.3, -0.25) is 4.79 Å². The van der Waals surface area contributed by atoms with Gasteiger partial charge in [-0.25, -0.2) is 0 Å². The standard InChI is InChI=1S/C16H14N2O3/c1-20-14-8-7-11(9-15(14)21-2)16(19)18-13-6-4-3-5-12(13)10-17/h3-9H,1-2H3,(H,18,19). The molecule has 0 fully saturated rings. The van der Waals surface area contributed by atoms with Crippen LogP contribution in [-0.2, 0) is 0 Å². The van der Waals surface area contributed by atoms with E-state index in [9.17, 15) is 4.79 Å². The van der Waals surface area contributed by atoms with Crippen molar-refractivity contribution in [2.75, 3.05) is 19.5 Å². The van der Waals surface area contributed by atoms with Gasteiger partial charge in [0, 0.05) is 5.56 Å². The van der Waals surface area contributed by atoms with Crippen molar-refractivity contribution in [1.29, 1.82) is 5.26 Å². The largest absolute Gasteiger partial charge is 0.493 e. The molecule has 5 nitrogen and oxygen atoms in total. The number of para-hydroxylation sites is 1. The molecule has 0 atom stereocenters. The number of nitrogens with one attached hydrogen (secondary N) is 1.